The van der Waals surface area contributed by atoms with Gasteiger partial charge in [-0.1, -0.05) is 6.58 Å². The molecule has 1 aromatic rings. The van der Waals surface area contributed by atoms with Crippen LogP contribution in [0, 0.1) is 0 Å². The Kier molecular flexibility index (Phi) is 6.98. The summed E-state index contributed by atoms with van der Waals surface area (Å²) in [6.45, 7) is 11.3. The first kappa shape index (κ1) is 19.2. The average Bonchev–Trinajstić information content (AvgIpc) is 2.50. The Morgan fingerprint density at radius 1 is 1.50 bits per heavy atom. The van der Waals surface area contributed by atoms with Gasteiger partial charge in [-0.05, 0) is 39.8 Å². The Labute approximate surface area is 142 Å². The summed E-state index contributed by atoms with van der Waals surface area (Å²) in [7, 11) is 0. The largest absolute Gasteiger partial charge is 0.492 e. The molecular formula is C17H24N4O3. The van der Waals surface area contributed by atoms with Gasteiger partial charge in [0, 0.05) is 12.4 Å². The number of alkyl carbamates (subject to hydrolysis) is 1. The average molecular weight is 332 g/mol. The number of nitrogens with two attached hydrogens (primary N) is 1. The number of ether oxygens (including phenoxy) is 2. The predicted octanol–water partition coefficient (Wildman–Crippen LogP) is 3.03. The molecular weight excluding hydrogens is 308 g/mol. The van der Waals surface area contributed by atoms with E-state index in [4.69, 9.17) is 15.2 Å². The van der Waals surface area contributed by atoms with E-state index in [9.17, 15) is 4.79 Å². The molecule has 130 valence electrons. The summed E-state index contributed by atoms with van der Waals surface area (Å²) in [4.78, 5) is 20.4. The molecule has 0 saturated heterocycles. The molecule has 7 nitrogen and oxygen atoms in total. The van der Waals surface area contributed by atoms with Crippen LogP contribution >= 0.6 is 0 Å². The highest BCUT2D eigenvalue weighted by atomic mass is 16.6. The smallest absolute Gasteiger partial charge is 0.412 e. The van der Waals surface area contributed by atoms with Gasteiger partial charge in [-0.25, -0.2) is 9.79 Å². The zero-order chi connectivity index (χ0) is 18.2. The van der Waals surface area contributed by atoms with Gasteiger partial charge in [-0.15, -0.1) is 0 Å². The van der Waals surface area contributed by atoms with Crippen LogP contribution in [-0.4, -0.2) is 29.0 Å². The molecule has 3 N–H and O–H groups in total. The Bertz CT molecular complexity index is 631. The van der Waals surface area contributed by atoms with Crippen LogP contribution in [0.15, 0.2) is 53.8 Å². The van der Waals surface area contributed by atoms with Gasteiger partial charge in [0.1, 0.15) is 17.1 Å². The summed E-state index contributed by atoms with van der Waals surface area (Å²) >= 11 is 0. The van der Waals surface area contributed by atoms with E-state index >= 15 is 0 Å². The van der Waals surface area contributed by atoms with Crippen LogP contribution in [0.2, 0.25) is 0 Å². The van der Waals surface area contributed by atoms with Crippen molar-refractivity contribution in [2.45, 2.75) is 33.3 Å². The van der Waals surface area contributed by atoms with Gasteiger partial charge in [0.15, 0.2) is 0 Å². The van der Waals surface area contributed by atoms with Crippen LogP contribution in [0.3, 0.4) is 0 Å². The van der Waals surface area contributed by atoms with E-state index in [1.165, 1.54) is 6.20 Å². The SMILES string of the molecule is C=C(OCC)C(=Nc1cccnc1)/C(=C\N)NC(=O)OC(C)(C)C. The molecule has 0 aromatic carbocycles. The van der Waals surface area contributed by atoms with E-state index in [0.29, 0.717) is 18.0 Å². The van der Waals surface area contributed by atoms with Crippen LogP contribution in [0.5, 0.6) is 0 Å². The molecule has 0 aliphatic carbocycles. The third-order valence-electron chi connectivity index (χ3n) is 2.53. The zero-order valence-corrected chi connectivity index (χ0v) is 14.5. The first-order valence-electron chi connectivity index (χ1n) is 7.50. The topological polar surface area (TPSA) is 98.8 Å². The first-order chi connectivity index (χ1) is 11.3. The van der Waals surface area contributed by atoms with Crippen molar-refractivity contribution in [1.82, 2.24) is 10.3 Å². The highest BCUT2D eigenvalue weighted by molar-refractivity contribution is 6.12. The number of nitrogens with one attached hydrogen (secondary N) is 1. The van der Waals surface area contributed by atoms with E-state index in [1.54, 1.807) is 45.3 Å². The molecule has 0 radical (unpaired) electrons. The van der Waals surface area contributed by atoms with Gasteiger partial charge in [0.2, 0.25) is 0 Å². The monoisotopic (exact) mass is 332 g/mol. The second kappa shape index (κ2) is 8.71. The van der Waals surface area contributed by atoms with E-state index in [0.717, 1.165) is 0 Å². The highest BCUT2D eigenvalue weighted by Gasteiger charge is 2.20. The minimum atomic E-state index is -0.651. The number of rotatable bonds is 6. The maximum Gasteiger partial charge on any atom is 0.412 e. The predicted molar refractivity (Wildman–Crippen MR) is 93.7 cm³/mol. The maximum absolute atomic E-state index is 12.0. The van der Waals surface area contributed by atoms with Crippen molar-refractivity contribution in [1.29, 1.82) is 0 Å². The van der Waals surface area contributed by atoms with Gasteiger partial charge < -0.3 is 15.2 Å². The van der Waals surface area contributed by atoms with Crippen molar-refractivity contribution in [3.8, 4) is 0 Å². The van der Waals surface area contributed by atoms with Crippen LogP contribution < -0.4 is 11.1 Å². The minimum Gasteiger partial charge on any atom is -0.492 e. The Morgan fingerprint density at radius 2 is 2.21 bits per heavy atom. The lowest BCUT2D eigenvalue weighted by molar-refractivity contribution is 0.0549. The number of carbonyl (C=O) groups is 1. The van der Waals surface area contributed by atoms with Crippen molar-refractivity contribution < 1.29 is 14.3 Å². The lowest BCUT2D eigenvalue weighted by Gasteiger charge is -2.21. The number of aliphatic imine (C=N–C) groups is 1. The number of pyridine rings is 1. The second-order valence-corrected chi connectivity index (χ2v) is 5.74. The molecule has 0 bridgehead atoms. The fourth-order valence-electron chi connectivity index (χ4n) is 1.66. The molecule has 0 spiro atoms. The van der Waals surface area contributed by atoms with Crippen LogP contribution in [0.25, 0.3) is 0 Å². The number of amides is 1. The third-order valence-corrected chi connectivity index (χ3v) is 2.53. The molecule has 0 fully saturated rings. The summed E-state index contributed by atoms with van der Waals surface area (Å²) in [5.41, 5.74) is 6.10. The highest BCUT2D eigenvalue weighted by Crippen LogP contribution is 2.15. The zero-order valence-electron chi connectivity index (χ0n) is 14.5. The molecule has 1 amide bonds. The van der Waals surface area contributed by atoms with E-state index in [2.05, 4.69) is 21.9 Å². The summed E-state index contributed by atoms with van der Waals surface area (Å²) in [6, 6.07) is 3.50. The van der Waals surface area contributed by atoms with Gasteiger partial charge in [0.25, 0.3) is 0 Å². The van der Waals surface area contributed by atoms with Crippen LogP contribution in [0.4, 0.5) is 10.5 Å². The van der Waals surface area contributed by atoms with Gasteiger partial charge in [-0.2, -0.15) is 0 Å². The molecule has 1 heterocycles. The van der Waals surface area contributed by atoms with E-state index in [1.807, 2.05) is 6.92 Å². The van der Waals surface area contributed by atoms with Gasteiger partial charge in [-0.3, -0.25) is 10.3 Å². The Hall–Kier alpha value is -2.83. The maximum atomic E-state index is 12.0. The summed E-state index contributed by atoms with van der Waals surface area (Å²) < 4.78 is 10.6. The molecule has 1 rings (SSSR count). The van der Waals surface area contributed by atoms with Crippen LogP contribution in [-0.2, 0) is 9.47 Å². The third kappa shape index (κ3) is 6.51. The number of carbonyl (C=O) groups excluding carboxylic acids is 1. The lowest BCUT2D eigenvalue weighted by atomic mass is 10.2. The lowest BCUT2D eigenvalue weighted by Crippen LogP contribution is -2.35. The minimum absolute atomic E-state index is 0.228. The summed E-state index contributed by atoms with van der Waals surface area (Å²) in [6.07, 6.45) is 3.76. The molecule has 0 saturated carbocycles. The molecule has 1 aromatic heterocycles. The summed E-state index contributed by atoms with van der Waals surface area (Å²) in [5, 5.41) is 2.57. The van der Waals surface area contributed by atoms with E-state index < -0.39 is 11.7 Å². The molecule has 0 unspecified atom stereocenters. The molecule has 7 heteroatoms. The van der Waals surface area contributed by atoms with Crippen molar-refractivity contribution >= 4 is 17.5 Å². The Morgan fingerprint density at radius 3 is 2.71 bits per heavy atom. The normalized spacial score (nSPS) is 12.5. The van der Waals surface area contributed by atoms with E-state index in [-0.39, 0.29) is 11.5 Å². The Balaban J connectivity index is 3.10. The van der Waals surface area contributed by atoms with Gasteiger partial charge in [0.05, 0.1) is 24.2 Å². The summed E-state index contributed by atoms with van der Waals surface area (Å²) in [5.74, 6) is 0.272. The number of aromatic nitrogens is 1. The number of nitrogens with zero attached hydrogens (tertiary/aromatic N) is 2. The fourth-order valence-corrected chi connectivity index (χ4v) is 1.66. The molecule has 0 aliphatic heterocycles. The second-order valence-electron chi connectivity index (χ2n) is 5.74. The van der Waals surface area contributed by atoms with Gasteiger partial charge >= 0.3 is 6.09 Å². The number of hydrogen-bond donors (Lipinski definition) is 2. The van der Waals surface area contributed by atoms with Crippen molar-refractivity contribution in [3.05, 3.63) is 48.8 Å². The quantitative estimate of drug-likeness (QED) is 0.616. The van der Waals surface area contributed by atoms with Crippen molar-refractivity contribution in [2.75, 3.05) is 6.61 Å². The first-order valence-corrected chi connectivity index (χ1v) is 7.50. The van der Waals surface area contributed by atoms with Crippen molar-refractivity contribution in [2.24, 2.45) is 10.7 Å². The van der Waals surface area contributed by atoms with Crippen molar-refractivity contribution in [3.63, 3.8) is 0 Å². The standard InChI is InChI=1S/C17H24N4O3/c1-6-23-12(2)15(20-13-8-7-9-19-11-13)14(10-18)21-16(22)24-17(3,4)5/h7-11H,2,6,18H2,1,3-5H3,(H,21,22)/b14-10+,20-15?. The molecule has 0 atom stereocenters. The molecule has 24 heavy (non-hydrogen) atoms. The van der Waals surface area contributed by atoms with Crippen LogP contribution in [0.1, 0.15) is 27.7 Å². The fraction of sp³-hybridized carbons (Fsp3) is 0.353. The number of hydrogen-bond acceptors (Lipinski definition) is 6. The molecule has 0 aliphatic rings.